The van der Waals surface area contributed by atoms with Crippen LogP contribution in [0.1, 0.15) is 16.8 Å². The van der Waals surface area contributed by atoms with Crippen molar-refractivity contribution in [3.05, 3.63) is 34.4 Å². The summed E-state index contributed by atoms with van der Waals surface area (Å²) in [4.78, 5) is 15.9. The molecule has 2 atom stereocenters. The summed E-state index contributed by atoms with van der Waals surface area (Å²) in [5.41, 5.74) is -0.0894. The standard InChI is InChI=1S/C14H17ClF2N2O2/c1-18(2)6-8-3-9(20)7-19(8)14(21)10-4-12(16)13(17)5-11(10)15/h4-5,8-9,20H,3,6-7H2,1-2H3. The molecule has 2 unspecified atom stereocenters. The van der Waals surface area contributed by atoms with Crippen molar-refractivity contribution in [3.8, 4) is 0 Å². The number of halogens is 3. The lowest BCUT2D eigenvalue weighted by atomic mass is 10.1. The summed E-state index contributed by atoms with van der Waals surface area (Å²) < 4.78 is 26.4. The second-order valence-electron chi connectivity index (χ2n) is 5.51. The van der Waals surface area contributed by atoms with Gasteiger partial charge < -0.3 is 14.9 Å². The molecular formula is C14H17ClF2N2O2. The maximum absolute atomic E-state index is 13.3. The highest BCUT2D eigenvalue weighted by Gasteiger charge is 2.35. The maximum Gasteiger partial charge on any atom is 0.255 e. The molecule has 0 aliphatic carbocycles. The highest BCUT2D eigenvalue weighted by atomic mass is 35.5. The molecule has 1 fully saturated rings. The average Bonchev–Trinajstić information content (AvgIpc) is 2.73. The third-order valence-corrected chi connectivity index (χ3v) is 3.78. The van der Waals surface area contributed by atoms with Crippen LogP contribution in [0, 0.1) is 11.6 Å². The Balaban J connectivity index is 2.28. The van der Waals surface area contributed by atoms with Crippen LogP contribution in [0.4, 0.5) is 8.78 Å². The Morgan fingerprint density at radius 1 is 1.43 bits per heavy atom. The molecule has 1 N–H and O–H groups in total. The van der Waals surface area contributed by atoms with Crippen LogP contribution in [0.3, 0.4) is 0 Å². The molecule has 1 aliphatic rings. The van der Waals surface area contributed by atoms with Crippen LogP contribution in [-0.4, -0.2) is 60.1 Å². The normalized spacial score (nSPS) is 22.1. The number of β-amino-alcohol motifs (C(OH)–C–C–N with tert-alkyl or cyclic N) is 1. The molecule has 0 radical (unpaired) electrons. The van der Waals surface area contributed by atoms with E-state index in [0.717, 1.165) is 12.1 Å². The summed E-state index contributed by atoms with van der Waals surface area (Å²) in [6.45, 7) is 0.733. The summed E-state index contributed by atoms with van der Waals surface area (Å²) in [7, 11) is 3.72. The number of carbonyl (C=O) groups is 1. The molecule has 1 aromatic rings. The monoisotopic (exact) mass is 318 g/mol. The Morgan fingerprint density at radius 3 is 2.67 bits per heavy atom. The van der Waals surface area contributed by atoms with E-state index in [4.69, 9.17) is 11.6 Å². The highest BCUT2D eigenvalue weighted by Crippen LogP contribution is 2.26. The van der Waals surface area contributed by atoms with E-state index >= 15 is 0 Å². The molecule has 0 spiro atoms. The van der Waals surface area contributed by atoms with Gasteiger partial charge in [-0.15, -0.1) is 0 Å². The SMILES string of the molecule is CN(C)CC1CC(O)CN1C(=O)c1cc(F)c(F)cc1Cl. The molecule has 0 saturated carbocycles. The number of carbonyl (C=O) groups excluding carboxylic acids is 1. The maximum atomic E-state index is 13.3. The molecule has 7 heteroatoms. The Kier molecular flexibility index (Phi) is 4.81. The van der Waals surface area contributed by atoms with Crippen LogP contribution < -0.4 is 0 Å². The Labute approximate surface area is 126 Å². The lowest BCUT2D eigenvalue weighted by Crippen LogP contribution is -2.41. The van der Waals surface area contributed by atoms with Gasteiger partial charge in [-0.2, -0.15) is 0 Å². The summed E-state index contributed by atoms with van der Waals surface area (Å²) in [6.07, 6.45) is -0.173. The van der Waals surface area contributed by atoms with Crippen molar-refractivity contribution in [3.63, 3.8) is 0 Å². The number of hydrogen-bond donors (Lipinski definition) is 1. The minimum absolute atomic E-state index is 0.0894. The second kappa shape index (κ2) is 6.25. The molecule has 2 rings (SSSR count). The molecule has 1 aliphatic heterocycles. The molecule has 1 amide bonds. The van der Waals surface area contributed by atoms with Gasteiger partial charge in [-0.1, -0.05) is 11.6 Å². The molecule has 0 aromatic heterocycles. The first-order valence-corrected chi connectivity index (χ1v) is 6.95. The fraction of sp³-hybridized carbons (Fsp3) is 0.500. The summed E-state index contributed by atoms with van der Waals surface area (Å²) >= 11 is 5.84. The number of hydrogen-bond acceptors (Lipinski definition) is 3. The van der Waals surface area contributed by atoms with Gasteiger partial charge in [-0.05, 0) is 32.6 Å². The van der Waals surface area contributed by atoms with Gasteiger partial charge in [0.2, 0.25) is 0 Å². The zero-order chi connectivity index (χ0) is 15.7. The van der Waals surface area contributed by atoms with E-state index in [1.807, 2.05) is 19.0 Å². The minimum atomic E-state index is -1.12. The predicted octanol–water partition coefficient (Wildman–Crippen LogP) is 1.76. The van der Waals surface area contributed by atoms with E-state index in [0.29, 0.717) is 13.0 Å². The zero-order valence-electron chi connectivity index (χ0n) is 11.8. The predicted molar refractivity (Wildman–Crippen MR) is 75.4 cm³/mol. The number of aliphatic hydroxyl groups excluding tert-OH is 1. The van der Waals surface area contributed by atoms with Crippen LogP contribution in [0.2, 0.25) is 5.02 Å². The molecule has 1 aromatic carbocycles. The molecule has 0 bridgehead atoms. The first kappa shape index (κ1) is 16.1. The van der Waals surface area contributed by atoms with Crippen molar-refractivity contribution >= 4 is 17.5 Å². The largest absolute Gasteiger partial charge is 0.391 e. The fourth-order valence-corrected chi connectivity index (χ4v) is 2.81. The Morgan fingerprint density at radius 2 is 2.05 bits per heavy atom. The number of likely N-dealkylation sites (N-methyl/N-ethyl adjacent to an activating group) is 1. The number of aliphatic hydroxyl groups is 1. The van der Waals surface area contributed by atoms with Gasteiger partial charge in [0.05, 0.1) is 16.7 Å². The van der Waals surface area contributed by atoms with E-state index in [-0.39, 0.29) is 23.2 Å². The smallest absolute Gasteiger partial charge is 0.255 e. The van der Waals surface area contributed by atoms with Gasteiger partial charge in [0.15, 0.2) is 11.6 Å². The first-order valence-electron chi connectivity index (χ1n) is 6.58. The molecule has 4 nitrogen and oxygen atoms in total. The van der Waals surface area contributed by atoms with Gasteiger partial charge >= 0.3 is 0 Å². The number of rotatable bonds is 3. The van der Waals surface area contributed by atoms with Crippen LogP contribution in [0.25, 0.3) is 0 Å². The summed E-state index contributed by atoms with van der Waals surface area (Å²) in [5, 5.41) is 9.63. The molecular weight excluding hydrogens is 302 g/mol. The quantitative estimate of drug-likeness (QED) is 0.864. The summed E-state index contributed by atoms with van der Waals surface area (Å²) in [6, 6.07) is 1.40. The third kappa shape index (κ3) is 3.51. The van der Waals surface area contributed by atoms with Crippen LogP contribution in [-0.2, 0) is 0 Å². The Hall–Kier alpha value is -1.24. The van der Waals surface area contributed by atoms with E-state index < -0.39 is 23.6 Å². The fourth-order valence-electron chi connectivity index (χ4n) is 2.58. The van der Waals surface area contributed by atoms with Gasteiger partial charge in [0.25, 0.3) is 5.91 Å². The van der Waals surface area contributed by atoms with E-state index in [9.17, 15) is 18.7 Å². The van der Waals surface area contributed by atoms with E-state index in [2.05, 4.69) is 0 Å². The van der Waals surface area contributed by atoms with Gasteiger partial charge in [-0.3, -0.25) is 4.79 Å². The van der Waals surface area contributed by atoms with Crippen LogP contribution in [0.15, 0.2) is 12.1 Å². The van der Waals surface area contributed by atoms with Crippen molar-refractivity contribution in [1.29, 1.82) is 0 Å². The van der Waals surface area contributed by atoms with Gasteiger partial charge in [-0.25, -0.2) is 8.78 Å². The van der Waals surface area contributed by atoms with Crippen molar-refractivity contribution in [1.82, 2.24) is 9.80 Å². The third-order valence-electron chi connectivity index (χ3n) is 3.47. The number of amides is 1. The highest BCUT2D eigenvalue weighted by molar-refractivity contribution is 6.33. The lowest BCUT2D eigenvalue weighted by molar-refractivity contribution is 0.0698. The van der Waals surface area contributed by atoms with Gasteiger partial charge in [0.1, 0.15) is 0 Å². The zero-order valence-corrected chi connectivity index (χ0v) is 12.6. The van der Waals surface area contributed by atoms with Crippen molar-refractivity contribution in [2.45, 2.75) is 18.6 Å². The molecule has 116 valence electrons. The number of nitrogens with zero attached hydrogens (tertiary/aromatic N) is 2. The van der Waals surface area contributed by atoms with Crippen LogP contribution in [0.5, 0.6) is 0 Å². The Bertz CT molecular complexity index is 554. The van der Waals surface area contributed by atoms with Gasteiger partial charge in [0, 0.05) is 19.1 Å². The van der Waals surface area contributed by atoms with Crippen LogP contribution >= 0.6 is 11.6 Å². The molecule has 1 saturated heterocycles. The number of likely N-dealkylation sites (tertiary alicyclic amines) is 1. The average molecular weight is 319 g/mol. The number of benzene rings is 1. The first-order chi connectivity index (χ1) is 9.79. The van der Waals surface area contributed by atoms with E-state index in [1.165, 1.54) is 4.90 Å². The van der Waals surface area contributed by atoms with Crippen molar-refractivity contribution in [2.24, 2.45) is 0 Å². The second-order valence-corrected chi connectivity index (χ2v) is 5.92. The lowest BCUT2D eigenvalue weighted by Gasteiger charge is -2.27. The molecule has 1 heterocycles. The molecule has 21 heavy (non-hydrogen) atoms. The van der Waals surface area contributed by atoms with E-state index in [1.54, 1.807) is 0 Å². The van der Waals surface area contributed by atoms with Crippen molar-refractivity contribution < 1.29 is 18.7 Å². The summed E-state index contributed by atoms with van der Waals surface area (Å²) in [5.74, 6) is -2.71. The van der Waals surface area contributed by atoms with Crippen molar-refractivity contribution in [2.75, 3.05) is 27.2 Å². The topological polar surface area (TPSA) is 43.8 Å². The minimum Gasteiger partial charge on any atom is -0.391 e.